The van der Waals surface area contributed by atoms with Gasteiger partial charge in [-0.1, -0.05) is 11.6 Å². The van der Waals surface area contributed by atoms with E-state index in [4.69, 9.17) is 11.6 Å². The van der Waals surface area contributed by atoms with Crippen molar-refractivity contribution in [2.45, 2.75) is 6.61 Å². The lowest BCUT2D eigenvalue weighted by Gasteiger charge is -2.09. The lowest BCUT2D eigenvalue weighted by Crippen LogP contribution is -2.04. The second-order valence-electron chi connectivity index (χ2n) is 2.71. The van der Waals surface area contributed by atoms with E-state index in [-0.39, 0.29) is 16.3 Å². The number of aliphatic hydroxyl groups excluding tert-OH is 1. The van der Waals surface area contributed by atoms with Gasteiger partial charge in [-0.2, -0.15) is 8.78 Å². The number of benzene rings is 1. The Balaban J connectivity index is 3.17. The van der Waals surface area contributed by atoms with E-state index in [1.54, 1.807) is 0 Å². The molecule has 16 heavy (non-hydrogen) atoms. The van der Waals surface area contributed by atoms with E-state index in [9.17, 15) is 18.7 Å². The smallest absolute Gasteiger partial charge is 0.387 e. The van der Waals surface area contributed by atoms with Crippen molar-refractivity contribution in [3.05, 3.63) is 34.9 Å². The zero-order chi connectivity index (χ0) is 12.1. The molecule has 0 saturated heterocycles. The van der Waals surface area contributed by atoms with Gasteiger partial charge in [-0.15, -0.1) is 0 Å². The number of aldehydes is 1. The van der Waals surface area contributed by atoms with Crippen LogP contribution in [0, 0.1) is 0 Å². The molecular formula is C10H7ClF2O3. The molecule has 0 spiro atoms. The Kier molecular flexibility index (Phi) is 4.25. The Morgan fingerprint density at radius 3 is 2.75 bits per heavy atom. The maximum Gasteiger partial charge on any atom is 0.387 e. The van der Waals surface area contributed by atoms with Crippen molar-refractivity contribution in [2.75, 3.05) is 0 Å². The van der Waals surface area contributed by atoms with Crippen LogP contribution in [0.5, 0.6) is 5.75 Å². The minimum atomic E-state index is -3.02. The average Bonchev–Trinajstić information content (AvgIpc) is 2.20. The average molecular weight is 249 g/mol. The molecule has 0 aliphatic carbocycles. The van der Waals surface area contributed by atoms with Crippen molar-refractivity contribution in [3.63, 3.8) is 0 Å². The molecule has 0 atom stereocenters. The summed E-state index contributed by atoms with van der Waals surface area (Å²) < 4.78 is 28.2. The molecule has 0 heterocycles. The van der Waals surface area contributed by atoms with E-state index in [0.717, 1.165) is 6.08 Å². The highest BCUT2D eigenvalue weighted by Gasteiger charge is 2.12. The minimum absolute atomic E-state index is 0.0695. The predicted octanol–water partition coefficient (Wildman–Crippen LogP) is 3.04. The maximum absolute atomic E-state index is 12.0. The fourth-order valence-corrected chi connectivity index (χ4v) is 1.23. The molecule has 1 aromatic carbocycles. The van der Waals surface area contributed by atoms with E-state index in [2.05, 4.69) is 4.74 Å². The highest BCUT2D eigenvalue weighted by molar-refractivity contribution is 6.30. The summed E-state index contributed by atoms with van der Waals surface area (Å²) in [5.74, 6) is -0.747. The lowest BCUT2D eigenvalue weighted by molar-refractivity contribution is -0.104. The predicted molar refractivity (Wildman–Crippen MR) is 54.8 cm³/mol. The summed E-state index contributed by atoms with van der Waals surface area (Å²) in [6.07, 6.45) is 1.13. The third-order valence-corrected chi connectivity index (χ3v) is 1.89. The number of allylic oxidation sites excluding steroid dienone is 1. The minimum Gasteiger partial charge on any atom is -0.507 e. The van der Waals surface area contributed by atoms with Crippen molar-refractivity contribution in [3.8, 4) is 5.75 Å². The summed E-state index contributed by atoms with van der Waals surface area (Å²) >= 11 is 5.63. The number of carbonyl (C=O) groups is 1. The molecule has 0 aromatic heterocycles. The van der Waals surface area contributed by atoms with E-state index in [0.29, 0.717) is 6.29 Å². The van der Waals surface area contributed by atoms with Gasteiger partial charge in [0, 0.05) is 11.1 Å². The summed E-state index contributed by atoms with van der Waals surface area (Å²) in [7, 11) is 0. The van der Waals surface area contributed by atoms with E-state index in [1.807, 2.05) is 0 Å². The lowest BCUT2D eigenvalue weighted by atomic mass is 10.1. The number of alkyl halides is 2. The zero-order valence-electron chi connectivity index (χ0n) is 7.86. The Bertz CT molecular complexity index is 419. The summed E-state index contributed by atoms with van der Waals surface area (Å²) in [6.45, 7) is -3.02. The first kappa shape index (κ1) is 12.4. The normalized spacial score (nSPS) is 11.6. The first-order chi connectivity index (χ1) is 7.54. The first-order valence-electron chi connectivity index (χ1n) is 4.13. The van der Waals surface area contributed by atoms with Crippen LogP contribution < -0.4 is 4.74 Å². The van der Waals surface area contributed by atoms with Gasteiger partial charge in [-0.05, 0) is 18.2 Å². The number of ether oxygens (including phenoxy) is 1. The summed E-state index contributed by atoms with van der Waals surface area (Å²) in [5, 5.41) is 9.61. The summed E-state index contributed by atoms with van der Waals surface area (Å²) in [4.78, 5) is 10.1. The Morgan fingerprint density at radius 2 is 2.19 bits per heavy atom. The molecule has 1 N–H and O–H groups in total. The van der Waals surface area contributed by atoms with Crippen LogP contribution in [0.4, 0.5) is 8.78 Å². The Morgan fingerprint density at radius 1 is 1.50 bits per heavy atom. The molecule has 0 aliphatic heterocycles. The second kappa shape index (κ2) is 5.46. The van der Waals surface area contributed by atoms with Crippen LogP contribution in [0.3, 0.4) is 0 Å². The second-order valence-corrected chi connectivity index (χ2v) is 3.14. The third kappa shape index (κ3) is 3.20. The molecule has 0 bridgehead atoms. The Labute approximate surface area is 94.9 Å². The number of rotatable bonds is 4. The molecule has 1 rings (SSSR count). The molecule has 0 aliphatic rings. The molecule has 0 saturated carbocycles. The molecule has 3 nitrogen and oxygen atoms in total. The van der Waals surface area contributed by atoms with Gasteiger partial charge in [0.1, 0.15) is 17.8 Å². The van der Waals surface area contributed by atoms with Crippen LogP contribution in [-0.2, 0) is 4.79 Å². The van der Waals surface area contributed by atoms with Crippen LogP contribution in [0.15, 0.2) is 24.3 Å². The van der Waals surface area contributed by atoms with E-state index < -0.39 is 12.4 Å². The SMILES string of the molecule is O=CC=C(O)c1cc(Cl)ccc1OC(F)F. The third-order valence-electron chi connectivity index (χ3n) is 1.66. The fraction of sp³-hybridized carbons (Fsp3) is 0.100. The molecule has 86 valence electrons. The molecule has 0 radical (unpaired) electrons. The largest absolute Gasteiger partial charge is 0.507 e. The van der Waals surface area contributed by atoms with Crippen molar-refractivity contribution >= 4 is 23.6 Å². The van der Waals surface area contributed by atoms with Gasteiger partial charge in [-0.3, -0.25) is 4.79 Å². The van der Waals surface area contributed by atoms with Crippen LogP contribution in [-0.4, -0.2) is 18.0 Å². The molecule has 0 amide bonds. The molecule has 1 aromatic rings. The number of carbonyl (C=O) groups excluding carboxylic acids is 1. The summed E-state index contributed by atoms with van der Waals surface area (Å²) in [6, 6.07) is 3.73. The summed E-state index contributed by atoms with van der Waals surface area (Å²) in [5.41, 5.74) is -0.0695. The number of hydrogen-bond acceptors (Lipinski definition) is 3. The number of halogens is 3. The van der Waals surface area contributed by atoms with Gasteiger partial charge in [0.2, 0.25) is 0 Å². The fourth-order valence-electron chi connectivity index (χ4n) is 1.06. The number of aliphatic hydroxyl groups is 1. The maximum atomic E-state index is 12.0. The zero-order valence-corrected chi connectivity index (χ0v) is 8.62. The van der Waals surface area contributed by atoms with Crippen LogP contribution in [0.1, 0.15) is 5.56 Å². The molecule has 0 unspecified atom stereocenters. The number of hydrogen-bond donors (Lipinski definition) is 1. The van der Waals surface area contributed by atoms with Crippen molar-refractivity contribution in [1.29, 1.82) is 0 Å². The highest BCUT2D eigenvalue weighted by atomic mass is 35.5. The van der Waals surface area contributed by atoms with Crippen LogP contribution in [0.25, 0.3) is 5.76 Å². The molecular weight excluding hydrogens is 242 g/mol. The van der Waals surface area contributed by atoms with Crippen molar-refractivity contribution in [2.24, 2.45) is 0 Å². The van der Waals surface area contributed by atoms with Crippen LogP contribution in [0.2, 0.25) is 5.02 Å². The van der Waals surface area contributed by atoms with Crippen molar-refractivity contribution in [1.82, 2.24) is 0 Å². The standard InChI is InChI=1S/C10H7ClF2O3/c11-6-1-2-9(16-10(12)13)7(5-6)8(15)3-4-14/h1-5,10,15H. The first-order valence-corrected chi connectivity index (χ1v) is 4.51. The quantitative estimate of drug-likeness (QED) is 0.506. The molecule has 0 fully saturated rings. The monoisotopic (exact) mass is 248 g/mol. The topological polar surface area (TPSA) is 46.5 Å². The van der Waals surface area contributed by atoms with Gasteiger partial charge in [0.15, 0.2) is 0 Å². The van der Waals surface area contributed by atoms with Gasteiger partial charge >= 0.3 is 6.61 Å². The molecule has 6 heteroatoms. The Hall–Kier alpha value is -1.62. The van der Waals surface area contributed by atoms with Gasteiger partial charge in [0.05, 0.1) is 5.56 Å². The van der Waals surface area contributed by atoms with Gasteiger partial charge < -0.3 is 9.84 Å². The van der Waals surface area contributed by atoms with Gasteiger partial charge in [-0.25, -0.2) is 0 Å². The highest BCUT2D eigenvalue weighted by Crippen LogP contribution is 2.28. The van der Waals surface area contributed by atoms with Crippen molar-refractivity contribution < 1.29 is 23.4 Å². The van der Waals surface area contributed by atoms with E-state index in [1.165, 1.54) is 18.2 Å². The van der Waals surface area contributed by atoms with E-state index >= 15 is 0 Å². The van der Waals surface area contributed by atoms with Crippen LogP contribution >= 0.6 is 11.6 Å². The van der Waals surface area contributed by atoms with Gasteiger partial charge in [0.25, 0.3) is 0 Å².